The lowest BCUT2D eigenvalue weighted by Gasteiger charge is -2.26. The first-order valence-corrected chi connectivity index (χ1v) is 9.51. The molecule has 7 heteroatoms. The van der Waals surface area contributed by atoms with E-state index in [1.807, 2.05) is 0 Å². The van der Waals surface area contributed by atoms with E-state index in [0.717, 1.165) is 25.7 Å². The highest BCUT2D eigenvalue weighted by atomic mass is 32.1. The van der Waals surface area contributed by atoms with Gasteiger partial charge in [-0.05, 0) is 12.8 Å². The highest BCUT2D eigenvalue weighted by molar-refractivity contribution is 7.17. The molecule has 0 aliphatic heterocycles. The van der Waals surface area contributed by atoms with Crippen molar-refractivity contribution in [2.45, 2.75) is 64.3 Å². The molecule has 1 aromatic rings. The number of amides is 2. The molecule has 0 aromatic carbocycles. The number of aromatic nitrogens is 1. The zero-order chi connectivity index (χ0) is 17.1. The Morgan fingerprint density at radius 2 is 1.96 bits per heavy atom. The molecule has 1 atom stereocenters. The summed E-state index contributed by atoms with van der Waals surface area (Å²) >= 11 is 1.21. The molecule has 2 aliphatic carbocycles. The number of carbonyl (C=O) groups excluding carboxylic acids is 3. The zero-order valence-corrected chi connectivity index (χ0v) is 14.7. The molecule has 1 heterocycles. The second kappa shape index (κ2) is 7.42. The van der Waals surface area contributed by atoms with E-state index in [9.17, 15) is 14.4 Å². The van der Waals surface area contributed by atoms with Crippen molar-refractivity contribution in [2.24, 2.45) is 5.92 Å². The molecule has 0 bridgehead atoms. The summed E-state index contributed by atoms with van der Waals surface area (Å²) in [5, 5.41) is 6.25. The quantitative estimate of drug-likeness (QED) is 0.875. The van der Waals surface area contributed by atoms with Crippen molar-refractivity contribution in [1.82, 2.24) is 10.3 Å². The van der Waals surface area contributed by atoms with Gasteiger partial charge >= 0.3 is 0 Å². The van der Waals surface area contributed by atoms with E-state index < -0.39 is 0 Å². The molecule has 24 heavy (non-hydrogen) atoms. The average molecular weight is 349 g/mol. The van der Waals surface area contributed by atoms with Crippen molar-refractivity contribution in [3.8, 4) is 0 Å². The number of thiazole rings is 1. The van der Waals surface area contributed by atoms with Crippen LogP contribution in [0.4, 0.5) is 5.13 Å². The molecular weight excluding hydrogens is 326 g/mol. The predicted molar refractivity (Wildman–Crippen MR) is 92.2 cm³/mol. The molecule has 0 spiro atoms. The lowest BCUT2D eigenvalue weighted by Crippen LogP contribution is -2.42. The van der Waals surface area contributed by atoms with E-state index in [2.05, 4.69) is 15.6 Å². The maximum Gasteiger partial charge on any atom is 0.225 e. The van der Waals surface area contributed by atoms with Crippen molar-refractivity contribution in [1.29, 1.82) is 0 Å². The van der Waals surface area contributed by atoms with Crippen molar-refractivity contribution >= 4 is 34.1 Å². The van der Waals surface area contributed by atoms with Crippen LogP contribution in [0, 0.1) is 5.92 Å². The summed E-state index contributed by atoms with van der Waals surface area (Å²) in [6, 6.07) is 0.248. The van der Waals surface area contributed by atoms with Gasteiger partial charge in [0.1, 0.15) is 0 Å². The predicted octanol–water partition coefficient (Wildman–Crippen LogP) is 2.69. The number of anilines is 1. The lowest BCUT2D eigenvalue weighted by atomic mass is 9.88. The Hall–Kier alpha value is -1.76. The minimum Gasteiger partial charge on any atom is -0.353 e. The Balaban J connectivity index is 1.65. The molecule has 0 radical (unpaired) electrons. The first-order chi connectivity index (χ1) is 11.6. The van der Waals surface area contributed by atoms with E-state index in [-0.39, 0.29) is 36.0 Å². The van der Waals surface area contributed by atoms with Gasteiger partial charge in [0.05, 0.1) is 16.5 Å². The van der Waals surface area contributed by atoms with Gasteiger partial charge in [0.15, 0.2) is 10.9 Å². The maximum atomic E-state index is 12.5. The fourth-order valence-electron chi connectivity index (χ4n) is 3.34. The van der Waals surface area contributed by atoms with Crippen molar-refractivity contribution < 1.29 is 14.4 Å². The number of fused-ring (bicyclic) bond motifs is 1. The van der Waals surface area contributed by atoms with E-state index in [1.54, 1.807) is 6.92 Å². The van der Waals surface area contributed by atoms with Crippen LogP contribution in [0.15, 0.2) is 0 Å². The minimum atomic E-state index is -0.344. The molecule has 2 aliphatic rings. The Morgan fingerprint density at radius 1 is 1.21 bits per heavy atom. The number of hydrogen-bond donors (Lipinski definition) is 2. The molecule has 3 rings (SSSR count). The van der Waals surface area contributed by atoms with Gasteiger partial charge in [-0.3, -0.25) is 14.4 Å². The van der Waals surface area contributed by atoms with Crippen LogP contribution in [0.2, 0.25) is 0 Å². The third-order valence-electron chi connectivity index (χ3n) is 4.71. The SMILES string of the molecule is CCC(=O)Nc1nc2c(s1)C(=O)C[C@H](C(=O)NC1CCCCC1)C2. The number of carbonyl (C=O) groups is 3. The number of nitrogens with zero attached hydrogens (tertiary/aromatic N) is 1. The monoisotopic (exact) mass is 349 g/mol. The van der Waals surface area contributed by atoms with Gasteiger partial charge in [-0.15, -0.1) is 0 Å². The summed E-state index contributed by atoms with van der Waals surface area (Å²) in [6.45, 7) is 1.76. The fraction of sp³-hybridized carbons (Fsp3) is 0.647. The van der Waals surface area contributed by atoms with Crippen molar-refractivity contribution in [3.63, 3.8) is 0 Å². The van der Waals surface area contributed by atoms with E-state index in [1.165, 1.54) is 17.8 Å². The fourth-order valence-corrected chi connectivity index (χ4v) is 4.30. The van der Waals surface area contributed by atoms with E-state index in [4.69, 9.17) is 0 Å². The molecule has 2 amide bonds. The smallest absolute Gasteiger partial charge is 0.225 e. The third-order valence-corrected chi connectivity index (χ3v) is 5.77. The Bertz CT molecular complexity index is 650. The molecule has 6 nitrogen and oxygen atoms in total. The summed E-state index contributed by atoms with van der Waals surface area (Å²) in [6.07, 6.45) is 6.68. The van der Waals surface area contributed by atoms with Crippen molar-refractivity contribution in [3.05, 3.63) is 10.6 Å². The minimum absolute atomic E-state index is 0.0342. The maximum absolute atomic E-state index is 12.5. The number of Topliss-reactive ketones (excluding diaryl/α,β-unsaturated/α-hetero) is 1. The Labute approximate surface area is 145 Å². The first kappa shape index (κ1) is 17.1. The van der Waals surface area contributed by atoms with E-state index in [0.29, 0.717) is 28.5 Å². The molecule has 0 saturated heterocycles. The summed E-state index contributed by atoms with van der Waals surface area (Å²) in [7, 11) is 0. The summed E-state index contributed by atoms with van der Waals surface area (Å²) in [5.41, 5.74) is 0.645. The zero-order valence-electron chi connectivity index (χ0n) is 13.9. The average Bonchev–Trinajstić information content (AvgIpc) is 2.98. The van der Waals surface area contributed by atoms with Crippen LogP contribution in [0.5, 0.6) is 0 Å². The molecule has 130 valence electrons. The molecule has 1 aromatic heterocycles. The van der Waals surface area contributed by atoms with Crippen molar-refractivity contribution in [2.75, 3.05) is 5.32 Å². The number of ketones is 1. The molecule has 1 fully saturated rings. The molecule has 1 saturated carbocycles. The third kappa shape index (κ3) is 3.83. The number of rotatable bonds is 4. The highest BCUT2D eigenvalue weighted by Crippen LogP contribution is 2.32. The van der Waals surface area contributed by atoms with Crippen LogP contribution in [0.3, 0.4) is 0 Å². The first-order valence-electron chi connectivity index (χ1n) is 8.70. The van der Waals surface area contributed by atoms with Gasteiger partial charge in [-0.2, -0.15) is 0 Å². The van der Waals surface area contributed by atoms with Crippen LogP contribution in [0.25, 0.3) is 0 Å². The topological polar surface area (TPSA) is 88.2 Å². The van der Waals surface area contributed by atoms with Crippen LogP contribution < -0.4 is 10.6 Å². The Morgan fingerprint density at radius 3 is 2.67 bits per heavy atom. The largest absolute Gasteiger partial charge is 0.353 e. The molecule has 2 N–H and O–H groups in total. The van der Waals surface area contributed by atoms with Crippen LogP contribution in [0.1, 0.15) is 67.2 Å². The van der Waals surface area contributed by atoms with Gasteiger partial charge in [0.2, 0.25) is 11.8 Å². The van der Waals surface area contributed by atoms with Gasteiger partial charge in [-0.25, -0.2) is 4.98 Å². The van der Waals surface area contributed by atoms with Gasteiger partial charge in [-0.1, -0.05) is 37.5 Å². The molecule has 0 unspecified atom stereocenters. The molecular formula is C17H23N3O3S. The highest BCUT2D eigenvalue weighted by Gasteiger charge is 2.34. The number of hydrogen-bond acceptors (Lipinski definition) is 5. The van der Waals surface area contributed by atoms with E-state index >= 15 is 0 Å². The summed E-state index contributed by atoms with van der Waals surface area (Å²) < 4.78 is 0. The summed E-state index contributed by atoms with van der Waals surface area (Å²) in [5.74, 6) is -0.550. The van der Waals surface area contributed by atoms with Gasteiger partial charge < -0.3 is 10.6 Å². The second-order valence-electron chi connectivity index (χ2n) is 6.57. The second-order valence-corrected chi connectivity index (χ2v) is 7.57. The van der Waals surface area contributed by atoms with Gasteiger partial charge in [0, 0.05) is 25.3 Å². The van der Waals surface area contributed by atoms with Gasteiger partial charge in [0.25, 0.3) is 0 Å². The number of nitrogens with one attached hydrogen (secondary N) is 2. The van der Waals surface area contributed by atoms with Crippen LogP contribution >= 0.6 is 11.3 Å². The standard InChI is InChI=1S/C17H23N3O3S/c1-2-14(22)20-17-19-12-8-10(9-13(21)15(12)24-17)16(23)18-11-6-4-3-5-7-11/h10-11H,2-9H2,1H3,(H,18,23)(H,19,20,22)/t10-/m1/s1. The van der Waals surface area contributed by atoms with Crippen LogP contribution in [-0.4, -0.2) is 28.6 Å². The normalized spacial score (nSPS) is 21.2. The Kier molecular flexibility index (Phi) is 5.28. The van der Waals surface area contributed by atoms with Crippen LogP contribution in [-0.2, 0) is 16.0 Å². The summed E-state index contributed by atoms with van der Waals surface area (Å²) in [4.78, 5) is 41.3. The lowest BCUT2D eigenvalue weighted by molar-refractivity contribution is -0.126.